The van der Waals surface area contributed by atoms with Crippen molar-refractivity contribution in [3.63, 3.8) is 0 Å². The van der Waals surface area contributed by atoms with Gasteiger partial charge in [-0.2, -0.15) is 0 Å². The fourth-order valence-electron chi connectivity index (χ4n) is 5.97. The lowest BCUT2D eigenvalue weighted by atomic mass is 10.0. The minimum absolute atomic E-state index is 0.00268. The van der Waals surface area contributed by atoms with Crippen LogP contribution < -0.4 is 15.4 Å². The number of hydrogen-bond acceptors (Lipinski definition) is 10. The number of nitrogens with one attached hydrogen (secondary N) is 2. The highest BCUT2D eigenvalue weighted by Crippen LogP contribution is 2.34. The Balaban J connectivity index is 0.983. The van der Waals surface area contributed by atoms with Gasteiger partial charge in [-0.1, -0.05) is 6.07 Å². The minimum atomic E-state index is -1.55. The van der Waals surface area contributed by atoms with E-state index in [0.29, 0.717) is 17.7 Å². The molecule has 2 unspecified atom stereocenters. The molecule has 5 heterocycles. The molecule has 7 rings (SSSR count). The number of pyridine rings is 3. The van der Waals surface area contributed by atoms with Crippen LogP contribution in [0.15, 0.2) is 61.1 Å². The van der Waals surface area contributed by atoms with E-state index >= 15 is 4.39 Å². The van der Waals surface area contributed by atoms with Crippen LogP contribution in [-0.4, -0.2) is 74.1 Å². The summed E-state index contributed by atoms with van der Waals surface area (Å²) < 4.78 is 20.8. The number of ether oxygens (including phenoxy) is 1. The first-order valence-electron chi connectivity index (χ1n) is 15.8. The number of amides is 4. The van der Waals surface area contributed by atoms with Crippen LogP contribution in [0.3, 0.4) is 0 Å². The smallest absolute Gasteiger partial charge is 0.266 e. The van der Waals surface area contributed by atoms with Gasteiger partial charge in [0.05, 0.1) is 22.2 Å². The molecule has 48 heavy (non-hydrogen) atoms. The molecule has 244 valence electrons. The van der Waals surface area contributed by atoms with E-state index in [0.717, 1.165) is 40.0 Å². The van der Waals surface area contributed by atoms with Crippen molar-refractivity contribution in [2.24, 2.45) is 0 Å². The van der Waals surface area contributed by atoms with E-state index in [-0.39, 0.29) is 54.4 Å². The summed E-state index contributed by atoms with van der Waals surface area (Å²) in [6.45, 7) is -0.456. The standard InChI is InChI=1S/C35H31FN6O6/c36-20(18-48-30-3-1-2-24-32(30)35(47)42(34(24)46)28-9-11-31(44)41-33(28)45)5-10-29(43)25-17-38-23(15-27(25)39-21-7-8-21)14-22-6-4-19-16-37-13-12-26(19)40-22/h1-4,6,12-13,15-17,20-21,28H,5,7-11,14,18H2,(H,38,39)(H,41,44,45). The molecule has 3 aliphatic rings. The number of anilines is 1. The third-order valence-corrected chi connectivity index (χ3v) is 8.64. The van der Waals surface area contributed by atoms with Crippen LogP contribution in [0, 0.1) is 0 Å². The minimum Gasteiger partial charge on any atom is -0.490 e. The highest BCUT2D eigenvalue weighted by Gasteiger charge is 2.46. The van der Waals surface area contributed by atoms with Crippen molar-refractivity contribution in [3.8, 4) is 5.75 Å². The van der Waals surface area contributed by atoms with Gasteiger partial charge < -0.3 is 10.1 Å². The first kappa shape index (κ1) is 31.0. The Hall–Kier alpha value is -5.59. The van der Waals surface area contributed by atoms with Crippen LogP contribution in [0.1, 0.15) is 81.0 Å². The van der Waals surface area contributed by atoms with Crippen LogP contribution in [0.2, 0.25) is 0 Å². The van der Waals surface area contributed by atoms with Crippen LogP contribution in [0.4, 0.5) is 10.1 Å². The molecule has 4 aromatic rings. The number of imide groups is 2. The van der Waals surface area contributed by atoms with Gasteiger partial charge in [0.1, 0.15) is 24.6 Å². The highest BCUT2D eigenvalue weighted by molar-refractivity contribution is 6.24. The number of fused-ring (bicyclic) bond motifs is 2. The van der Waals surface area contributed by atoms with Gasteiger partial charge in [0.15, 0.2) is 5.78 Å². The normalized spacial score (nSPS) is 18.1. The first-order chi connectivity index (χ1) is 23.2. The monoisotopic (exact) mass is 650 g/mol. The Morgan fingerprint density at radius 3 is 2.71 bits per heavy atom. The number of aromatic nitrogens is 3. The Kier molecular flexibility index (Phi) is 8.34. The summed E-state index contributed by atoms with van der Waals surface area (Å²) in [5.41, 5.74) is 3.43. The van der Waals surface area contributed by atoms with E-state index in [9.17, 15) is 24.0 Å². The van der Waals surface area contributed by atoms with E-state index in [1.807, 2.05) is 24.3 Å². The van der Waals surface area contributed by atoms with Crippen LogP contribution in [0.5, 0.6) is 5.75 Å². The highest BCUT2D eigenvalue weighted by atomic mass is 19.1. The van der Waals surface area contributed by atoms with Crippen molar-refractivity contribution in [1.82, 2.24) is 25.2 Å². The van der Waals surface area contributed by atoms with Crippen molar-refractivity contribution >= 4 is 46.0 Å². The SMILES string of the molecule is O=C1CCC(N2C(=O)c3cccc(OCC(F)CCC(=O)c4cnc(Cc5ccc6cnccc6n5)cc4NC4CC4)c3C2=O)C(=O)N1. The summed E-state index contributed by atoms with van der Waals surface area (Å²) in [5.74, 6) is -2.89. The lowest BCUT2D eigenvalue weighted by molar-refractivity contribution is -0.136. The molecule has 1 saturated carbocycles. The topological polar surface area (TPSA) is 161 Å². The molecule has 12 nitrogen and oxygen atoms in total. The zero-order valence-electron chi connectivity index (χ0n) is 25.8. The Bertz CT molecular complexity index is 1980. The third-order valence-electron chi connectivity index (χ3n) is 8.64. The molecule has 0 spiro atoms. The predicted molar refractivity (Wildman–Crippen MR) is 170 cm³/mol. The van der Waals surface area contributed by atoms with Gasteiger partial charge in [-0.3, -0.25) is 49.1 Å². The van der Waals surface area contributed by atoms with Crippen LogP contribution >= 0.6 is 0 Å². The number of benzene rings is 1. The Morgan fingerprint density at radius 1 is 1.04 bits per heavy atom. The third kappa shape index (κ3) is 6.35. The number of carbonyl (C=O) groups is 5. The molecule has 0 radical (unpaired) electrons. The molecule has 2 N–H and O–H groups in total. The summed E-state index contributed by atoms with van der Waals surface area (Å²) in [4.78, 5) is 77.7. The average Bonchev–Trinajstić information content (AvgIpc) is 3.86. The Morgan fingerprint density at radius 2 is 1.90 bits per heavy atom. The number of Topliss-reactive ketones (excluding diaryl/α,β-unsaturated/α-hetero) is 1. The molecule has 2 fully saturated rings. The number of carbonyl (C=O) groups excluding carboxylic acids is 5. The summed E-state index contributed by atoms with van der Waals surface area (Å²) in [6, 6.07) is 11.1. The van der Waals surface area contributed by atoms with Crippen molar-refractivity contribution in [1.29, 1.82) is 0 Å². The summed E-state index contributed by atoms with van der Waals surface area (Å²) in [7, 11) is 0. The van der Waals surface area contributed by atoms with Gasteiger partial charge in [0.2, 0.25) is 11.8 Å². The van der Waals surface area contributed by atoms with Gasteiger partial charge in [0, 0.05) is 66.4 Å². The predicted octanol–water partition coefficient (Wildman–Crippen LogP) is 3.97. The van der Waals surface area contributed by atoms with E-state index < -0.39 is 42.4 Å². The fraction of sp³-hybridized carbons (Fsp3) is 0.314. The second-order valence-corrected chi connectivity index (χ2v) is 12.2. The quantitative estimate of drug-likeness (QED) is 0.170. The molecule has 2 aliphatic heterocycles. The van der Waals surface area contributed by atoms with Crippen molar-refractivity contribution in [3.05, 3.63) is 89.1 Å². The molecular formula is C35H31FN6O6. The molecule has 2 atom stereocenters. The second kappa shape index (κ2) is 12.9. The average molecular weight is 651 g/mol. The molecule has 1 aromatic carbocycles. The number of halogens is 1. The number of rotatable bonds is 12. The number of hydrogen-bond donors (Lipinski definition) is 2. The lowest BCUT2D eigenvalue weighted by Gasteiger charge is -2.27. The number of ketones is 1. The maximum Gasteiger partial charge on any atom is 0.266 e. The van der Waals surface area contributed by atoms with E-state index in [1.165, 1.54) is 24.4 Å². The maximum absolute atomic E-state index is 15.1. The van der Waals surface area contributed by atoms with Gasteiger partial charge >= 0.3 is 0 Å². The van der Waals surface area contributed by atoms with E-state index in [1.54, 1.807) is 12.4 Å². The summed E-state index contributed by atoms with van der Waals surface area (Å²) in [5, 5.41) is 6.50. The van der Waals surface area contributed by atoms with Crippen molar-refractivity contribution < 1.29 is 33.1 Å². The molecule has 13 heteroatoms. The molecular weight excluding hydrogens is 619 g/mol. The number of nitrogens with zero attached hydrogens (tertiary/aromatic N) is 4. The zero-order chi connectivity index (χ0) is 33.4. The molecule has 3 aromatic heterocycles. The maximum atomic E-state index is 15.1. The van der Waals surface area contributed by atoms with Crippen LogP contribution in [0.25, 0.3) is 10.9 Å². The largest absolute Gasteiger partial charge is 0.490 e. The van der Waals surface area contributed by atoms with Crippen molar-refractivity contribution in [2.45, 2.75) is 63.2 Å². The first-order valence-corrected chi connectivity index (χ1v) is 15.8. The summed E-state index contributed by atoms with van der Waals surface area (Å²) >= 11 is 0. The van der Waals surface area contributed by atoms with Gasteiger partial charge in [-0.25, -0.2) is 4.39 Å². The van der Waals surface area contributed by atoms with Gasteiger partial charge in [-0.05, 0) is 62.1 Å². The molecule has 4 amide bonds. The fourth-order valence-corrected chi connectivity index (χ4v) is 5.97. The summed E-state index contributed by atoms with van der Waals surface area (Å²) in [6.07, 6.45) is 5.67. The van der Waals surface area contributed by atoms with Gasteiger partial charge in [0.25, 0.3) is 11.8 Å². The lowest BCUT2D eigenvalue weighted by Crippen LogP contribution is -2.54. The van der Waals surface area contributed by atoms with Crippen LogP contribution in [-0.2, 0) is 16.0 Å². The number of alkyl halides is 1. The Labute approximate surface area is 274 Å². The number of piperidine rings is 1. The molecule has 1 saturated heterocycles. The van der Waals surface area contributed by atoms with Crippen molar-refractivity contribution in [2.75, 3.05) is 11.9 Å². The molecule has 1 aliphatic carbocycles. The molecule has 0 bridgehead atoms. The van der Waals surface area contributed by atoms with Gasteiger partial charge in [-0.15, -0.1) is 0 Å². The van der Waals surface area contributed by atoms with E-state index in [2.05, 4.69) is 20.6 Å². The second-order valence-electron chi connectivity index (χ2n) is 12.2. The van der Waals surface area contributed by atoms with E-state index in [4.69, 9.17) is 9.72 Å². The zero-order valence-corrected chi connectivity index (χ0v) is 25.8.